The van der Waals surface area contributed by atoms with Crippen molar-refractivity contribution in [1.82, 2.24) is 15.5 Å². The van der Waals surface area contributed by atoms with Crippen LogP contribution in [0.3, 0.4) is 0 Å². The molecule has 2 aromatic carbocycles. The van der Waals surface area contributed by atoms with E-state index in [0.717, 1.165) is 5.56 Å². The monoisotopic (exact) mass is 487 g/mol. The molecule has 1 saturated heterocycles. The predicted octanol–water partition coefficient (Wildman–Crippen LogP) is -0.0335. The van der Waals surface area contributed by atoms with E-state index in [1.807, 2.05) is 67.3 Å². The summed E-state index contributed by atoms with van der Waals surface area (Å²) in [7, 11) is 0. The normalized spacial score (nSPS) is 15.4. The van der Waals surface area contributed by atoms with Crippen LogP contribution in [0.15, 0.2) is 60.7 Å². The number of amides is 2. The molecular formula is C28H38LiN3O4. The van der Waals surface area contributed by atoms with Crippen molar-refractivity contribution in [3.05, 3.63) is 71.8 Å². The number of Topliss-reactive ketones (excluding diaryl/α,β-unsaturated/α-hetero) is 1. The van der Waals surface area contributed by atoms with Crippen molar-refractivity contribution in [2.75, 3.05) is 32.8 Å². The van der Waals surface area contributed by atoms with Crippen LogP contribution >= 0.6 is 0 Å². The zero-order chi connectivity index (χ0) is 25.0. The number of benzene rings is 2. The van der Waals surface area contributed by atoms with Crippen LogP contribution in [0.2, 0.25) is 0 Å². The Balaban J connectivity index is 0.00000342. The van der Waals surface area contributed by atoms with Gasteiger partial charge in [-0.3, -0.25) is 19.3 Å². The number of ether oxygens (including phenoxy) is 1. The summed E-state index contributed by atoms with van der Waals surface area (Å²) in [4.78, 5) is 41.4. The maximum atomic E-state index is 13.4. The molecule has 0 unspecified atom stereocenters. The second-order valence-electron chi connectivity index (χ2n) is 9.45. The molecule has 0 bridgehead atoms. The Labute approximate surface area is 228 Å². The third-order valence-corrected chi connectivity index (χ3v) is 6.09. The third-order valence-electron chi connectivity index (χ3n) is 6.09. The van der Waals surface area contributed by atoms with E-state index >= 15 is 0 Å². The number of nitrogens with one attached hydrogen (secondary N) is 2. The van der Waals surface area contributed by atoms with Crippen LogP contribution in [0.5, 0.6) is 0 Å². The van der Waals surface area contributed by atoms with Gasteiger partial charge in [-0.25, -0.2) is 0 Å². The van der Waals surface area contributed by atoms with Crippen molar-refractivity contribution in [3.63, 3.8) is 0 Å². The zero-order valence-electron chi connectivity index (χ0n) is 22.7. The van der Waals surface area contributed by atoms with Gasteiger partial charge in [0.15, 0.2) is 5.78 Å². The predicted molar refractivity (Wildman–Crippen MR) is 137 cm³/mol. The Bertz CT molecular complexity index is 956. The number of ketones is 1. The summed E-state index contributed by atoms with van der Waals surface area (Å²) in [5.41, 5.74) is 1.66. The Morgan fingerprint density at radius 3 is 2.14 bits per heavy atom. The molecule has 1 aliphatic heterocycles. The minimum atomic E-state index is -0.734. The maximum absolute atomic E-state index is 13.4. The first-order chi connectivity index (χ1) is 16.9. The summed E-state index contributed by atoms with van der Waals surface area (Å²) in [5, 5.41) is 5.88. The SMILES string of the molecule is CC(C)C[C@@H](NC(=O)[C@H](CCc1ccccc1)NC(=O)CN1CCOCC1)C(=O)c1ccccc1.[H-].[Li+]. The van der Waals surface area contributed by atoms with Gasteiger partial charge in [-0.2, -0.15) is 0 Å². The first-order valence-corrected chi connectivity index (χ1v) is 12.5. The fourth-order valence-corrected chi connectivity index (χ4v) is 4.21. The van der Waals surface area contributed by atoms with E-state index in [1.54, 1.807) is 12.1 Å². The molecule has 0 aromatic heterocycles. The summed E-state index contributed by atoms with van der Waals surface area (Å²) in [5.74, 6) is -0.429. The van der Waals surface area contributed by atoms with Gasteiger partial charge in [0.2, 0.25) is 11.8 Å². The minimum absolute atomic E-state index is 0. The molecule has 2 amide bonds. The number of morpholine rings is 1. The fraction of sp³-hybridized carbons (Fsp3) is 0.464. The van der Waals surface area contributed by atoms with Gasteiger partial charge in [0.1, 0.15) is 6.04 Å². The van der Waals surface area contributed by atoms with Crippen molar-refractivity contribution in [1.29, 1.82) is 0 Å². The van der Waals surface area contributed by atoms with Gasteiger partial charge in [-0.1, -0.05) is 74.5 Å². The Kier molecular flexibility index (Phi) is 12.9. The number of hydrogen-bond donors (Lipinski definition) is 2. The first-order valence-electron chi connectivity index (χ1n) is 12.5. The molecule has 36 heavy (non-hydrogen) atoms. The van der Waals surface area contributed by atoms with Crippen molar-refractivity contribution < 1.29 is 39.4 Å². The second kappa shape index (κ2) is 15.6. The second-order valence-corrected chi connectivity index (χ2v) is 9.45. The van der Waals surface area contributed by atoms with Gasteiger partial charge in [0.05, 0.1) is 25.8 Å². The van der Waals surface area contributed by atoms with Gasteiger partial charge >= 0.3 is 18.9 Å². The summed E-state index contributed by atoms with van der Waals surface area (Å²) >= 11 is 0. The Hall–Kier alpha value is -2.43. The van der Waals surface area contributed by atoms with Crippen molar-refractivity contribution >= 4 is 17.6 Å². The third kappa shape index (κ3) is 9.91. The van der Waals surface area contributed by atoms with Crippen molar-refractivity contribution in [2.45, 2.75) is 45.2 Å². The molecule has 2 N–H and O–H groups in total. The van der Waals surface area contributed by atoms with Crippen LogP contribution in [0.25, 0.3) is 0 Å². The van der Waals surface area contributed by atoms with Crippen LogP contribution in [-0.2, 0) is 20.7 Å². The molecule has 2 aromatic rings. The minimum Gasteiger partial charge on any atom is -1.00 e. The largest absolute Gasteiger partial charge is 1.00 e. The van der Waals surface area contributed by atoms with Gasteiger partial charge in [0.25, 0.3) is 0 Å². The maximum Gasteiger partial charge on any atom is 1.00 e. The average Bonchev–Trinajstić information content (AvgIpc) is 2.87. The molecule has 1 fully saturated rings. The number of carbonyl (C=O) groups is 3. The standard InChI is InChI=1S/C28H37N3O4.Li.H/c1-21(2)19-25(27(33)23-11-7-4-8-12-23)30-28(34)24(14-13-22-9-5-3-6-10-22)29-26(32)20-31-15-17-35-18-16-31;;/h3-12,21,24-25H,13-20H2,1-2H3,(H,29,32)(H,30,34);;/q;+1;-1/t24-,25+;;/m0../s1. The van der Waals surface area contributed by atoms with Crippen LogP contribution < -0.4 is 29.5 Å². The zero-order valence-corrected chi connectivity index (χ0v) is 21.7. The molecule has 1 aliphatic rings. The summed E-state index contributed by atoms with van der Waals surface area (Å²) in [6.07, 6.45) is 1.60. The smallest absolute Gasteiger partial charge is 1.00 e. The molecule has 0 radical (unpaired) electrons. The molecule has 8 heteroatoms. The molecule has 7 nitrogen and oxygen atoms in total. The number of aryl methyl sites for hydroxylation is 1. The van der Waals surface area contributed by atoms with E-state index in [2.05, 4.69) is 10.6 Å². The number of carbonyl (C=O) groups excluding carboxylic acids is 3. The van der Waals surface area contributed by atoms with E-state index in [0.29, 0.717) is 51.1 Å². The Morgan fingerprint density at radius 1 is 0.917 bits per heavy atom. The number of rotatable bonds is 12. The van der Waals surface area contributed by atoms with Crippen LogP contribution in [0.4, 0.5) is 0 Å². The molecule has 3 rings (SSSR count). The van der Waals surface area contributed by atoms with E-state index < -0.39 is 12.1 Å². The molecule has 1 heterocycles. The summed E-state index contributed by atoms with van der Waals surface area (Å²) in [6.45, 7) is 6.85. The molecule has 0 saturated carbocycles. The van der Waals surface area contributed by atoms with E-state index in [9.17, 15) is 14.4 Å². The van der Waals surface area contributed by atoms with E-state index in [-0.39, 0.29) is 50.3 Å². The topological polar surface area (TPSA) is 87.7 Å². The summed E-state index contributed by atoms with van der Waals surface area (Å²) in [6, 6.07) is 17.5. The van der Waals surface area contributed by atoms with Crippen LogP contribution in [0, 0.1) is 5.92 Å². The van der Waals surface area contributed by atoms with Gasteiger partial charge in [-0.05, 0) is 30.7 Å². The van der Waals surface area contributed by atoms with E-state index in [4.69, 9.17) is 4.74 Å². The molecule has 0 aliphatic carbocycles. The van der Waals surface area contributed by atoms with Crippen molar-refractivity contribution in [3.8, 4) is 0 Å². The molecular weight excluding hydrogens is 449 g/mol. The average molecular weight is 488 g/mol. The fourth-order valence-electron chi connectivity index (χ4n) is 4.21. The molecule has 190 valence electrons. The van der Waals surface area contributed by atoms with Gasteiger partial charge < -0.3 is 16.8 Å². The summed E-state index contributed by atoms with van der Waals surface area (Å²) < 4.78 is 5.35. The molecule has 0 spiro atoms. The molecule has 2 atom stereocenters. The van der Waals surface area contributed by atoms with Gasteiger partial charge in [-0.15, -0.1) is 0 Å². The van der Waals surface area contributed by atoms with Crippen molar-refractivity contribution in [2.24, 2.45) is 5.92 Å². The number of nitrogens with zero attached hydrogens (tertiary/aromatic N) is 1. The van der Waals surface area contributed by atoms with Crippen LogP contribution in [0.1, 0.15) is 44.0 Å². The van der Waals surface area contributed by atoms with Crippen LogP contribution in [-0.4, -0.2) is 67.4 Å². The quantitative estimate of drug-likeness (QED) is 0.324. The van der Waals surface area contributed by atoms with E-state index in [1.165, 1.54) is 0 Å². The first kappa shape index (κ1) is 29.8. The number of hydrogen-bond acceptors (Lipinski definition) is 5. The van der Waals surface area contributed by atoms with Gasteiger partial charge in [0, 0.05) is 18.7 Å². The Morgan fingerprint density at radius 2 is 1.53 bits per heavy atom.